The molecule has 110 valence electrons. The Morgan fingerprint density at radius 1 is 1.37 bits per heavy atom. The van der Waals surface area contributed by atoms with Gasteiger partial charge in [-0.3, -0.25) is 9.59 Å². The van der Waals surface area contributed by atoms with E-state index in [1.54, 1.807) is 13.8 Å². The van der Waals surface area contributed by atoms with Crippen LogP contribution in [-0.2, 0) is 19.1 Å². The number of hydrogen-bond donors (Lipinski definition) is 1. The summed E-state index contributed by atoms with van der Waals surface area (Å²) in [5, 5.41) is 0. The molecular formula is C13H22FNO4. The van der Waals surface area contributed by atoms with Crippen LogP contribution >= 0.6 is 0 Å². The number of hydrogen-bond acceptors (Lipinski definition) is 5. The number of esters is 2. The molecule has 1 rings (SSSR count). The van der Waals surface area contributed by atoms with Crippen molar-refractivity contribution < 1.29 is 23.5 Å². The fourth-order valence-electron chi connectivity index (χ4n) is 2.07. The first kappa shape index (κ1) is 15.9. The van der Waals surface area contributed by atoms with Crippen LogP contribution in [0.25, 0.3) is 0 Å². The maximum Gasteiger partial charge on any atom is 0.325 e. The minimum absolute atomic E-state index is 0.146. The molecule has 1 aliphatic rings. The van der Waals surface area contributed by atoms with Crippen molar-refractivity contribution in [1.82, 2.24) is 0 Å². The maximum atomic E-state index is 14.0. The van der Waals surface area contributed by atoms with Crippen LogP contribution in [0.15, 0.2) is 0 Å². The maximum absolute atomic E-state index is 14.0. The Hall–Kier alpha value is -1.17. The van der Waals surface area contributed by atoms with Gasteiger partial charge in [-0.15, -0.1) is 0 Å². The van der Waals surface area contributed by atoms with Crippen molar-refractivity contribution in [1.29, 1.82) is 0 Å². The molecule has 0 aromatic heterocycles. The number of halogens is 1. The lowest BCUT2D eigenvalue weighted by atomic mass is 9.94. The number of carbonyl (C=O) groups excluding carboxylic acids is 2. The number of alkyl halides is 1. The van der Waals surface area contributed by atoms with E-state index < -0.39 is 29.5 Å². The molecule has 0 unspecified atom stereocenters. The van der Waals surface area contributed by atoms with Crippen LogP contribution in [0.5, 0.6) is 0 Å². The van der Waals surface area contributed by atoms with E-state index in [1.807, 2.05) is 0 Å². The van der Waals surface area contributed by atoms with Crippen molar-refractivity contribution >= 4 is 11.9 Å². The van der Waals surface area contributed by atoms with Gasteiger partial charge in [0.15, 0.2) is 0 Å². The van der Waals surface area contributed by atoms with Gasteiger partial charge >= 0.3 is 11.9 Å². The van der Waals surface area contributed by atoms with E-state index in [1.165, 1.54) is 6.92 Å². The summed E-state index contributed by atoms with van der Waals surface area (Å²) in [6.07, 6.45) is -0.987. The second kappa shape index (κ2) is 6.32. The molecule has 4 atom stereocenters. The minimum Gasteiger partial charge on any atom is -0.466 e. The normalized spacial score (nSPS) is 26.2. The molecule has 0 heterocycles. The number of carbonyl (C=O) groups is 2. The van der Waals surface area contributed by atoms with Gasteiger partial charge in [-0.1, -0.05) is 0 Å². The molecular weight excluding hydrogens is 253 g/mol. The van der Waals surface area contributed by atoms with Gasteiger partial charge in [0.2, 0.25) is 0 Å². The third-order valence-electron chi connectivity index (χ3n) is 3.25. The Balaban J connectivity index is 2.46. The fourth-order valence-corrected chi connectivity index (χ4v) is 2.07. The highest BCUT2D eigenvalue weighted by atomic mass is 19.1. The van der Waals surface area contributed by atoms with Crippen LogP contribution < -0.4 is 5.73 Å². The first-order valence-corrected chi connectivity index (χ1v) is 6.60. The van der Waals surface area contributed by atoms with Crippen LogP contribution in [0.3, 0.4) is 0 Å². The van der Waals surface area contributed by atoms with Crippen LogP contribution in [-0.4, -0.2) is 36.9 Å². The fraction of sp³-hybridized carbons (Fsp3) is 0.846. The molecule has 2 N–H and O–H groups in total. The highest BCUT2D eigenvalue weighted by molar-refractivity contribution is 5.80. The highest BCUT2D eigenvalue weighted by Gasteiger charge is 2.51. The number of nitrogens with two attached hydrogens (primary N) is 1. The van der Waals surface area contributed by atoms with E-state index in [2.05, 4.69) is 0 Å². The van der Waals surface area contributed by atoms with Gasteiger partial charge in [0.05, 0.1) is 19.1 Å². The topological polar surface area (TPSA) is 78.6 Å². The first-order chi connectivity index (χ1) is 8.83. The molecule has 1 aliphatic carbocycles. The van der Waals surface area contributed by atoms with Gasteiger partial charge in [0, 0.05) is 12.3 Å². The lowest BCUT2D eigenvalue weighted by molar-refractivity contribution is -0.149. The van der Waals surface area contributed by atoms with E-state index in [0.717, 1.165) is 0 Å². The quantitative estimate of drug-likeness (QED) is 0.706. The zero-order valence-corrected chi connectivity index (χ0v) is 11.6. The largest absolute Gasteiger partial charge is 0.466 e. The standard InChI is InChI=1S/C13H22FNO4/c1-4-18-11(16)9-6-8(9)10(14)7-13(3,15)12(17)19-5-2/h8-10H,4-7,15H2,1-3H3/t8-,9-,10-,13-/m1/s1. The van der Waals surface area contributed by atoms with Gasteiger partial charge < -0.3 is 15.2 Å². The summed E-state index contributed by atoms with van der Waals surface area (Å²) in [5.74, 6) is -1.78. The summed E-state index contributed by atoms with van der Waals surface area (Å²) in [6.45, 7) is 5.31. The van der Waals surface area contributed by atoms with E-state index in [0.29, 0.717) is 6.42 Å². The zero-order valence-electron chi connectivity index (χ0n) is 11.6. The molecule has 1 saturated carbocycles. The van der Waals surface area contributed by atoms with Crippen molar-refractivity contribution in [2.45, 2.75) is 45.3 Å². The summed E-state index contributed by atoms with van der Waals surface area (Å²) < 4.78 is 23.7. The van der Waals surface area contributed by atoms with Crippen LogP contribution in [0, 0.1) is 11.8 Å². The first-order valence-electron chi connectivity index (χ1n) is 6.60. The smallest absolute Gasteiger partial charge is 0.325 e. The number of ether oxygens (including phenoxy) is 2. The van der Waals surface area contributed by atoms with Gasteiger partial charge in [-0.25, -0.2) is 4.39 Å². The molecule has 0 bridgehead atoms. The lowest BCUT2D eigenvalue weighted by Gasteiger charge is -2.24. The van der Waals surface area contributed by atoms with Gasteiger partial charge in [-0.05, 0) is 27.2 Å². The SMILES string of the molecule is CCOC(=O)[C@@H]1C[C@H]1[C@H](F)C[C@@](C)(N)C(=O)OCC. The Bertz CT molecular complexity index is 346. The van der Waals surface area contributed by atoms with Crippen molar-refractivity contribution in [3.05, 3.63) is 0 Å². The summed E-state index contributed by atoms with van der Waals surface area (Å²) in [5.41, 5.74) is 4.40. The summed E-state index contributed by atoms with van der Waals surface area (Å²) >= 11 is 0. The second-order valence-corrected chi connectivity index (χ2v) is 5.12. The third kappa shape index (κ3) is 4.16. The molecule has 5 nitrogen and oxygen atoms in total. The molecule has 0 aliphatic heterocycles. The lowest BCUT2D eigenvalue weighted by Crippen LogP contribution is -2.48. The monoisotopic (exact) mass is 275 g/mol. The minimum atomic E-state index is -1.36. The van der Waals surface area contributed by atoms with Crippen molar-refractivity contribution in [2.24, 2.45) is 17.6 Å². The predicted molar refractivity (Wildman–Crippen MR) is 67.0 cm³/mol. The number of rotatable bonds is 7. The van der Waals surface area contributed by atoms with E-state index in [9.17, 15) is 14.0 Å². The van der Waals surface area contributed by atoms with Crippen molar-refractivity contribution in [3.63, 3.8) is 0 Å². The molecule has 0 amide bonds. The molecule has 6 heteroatoms. The van der Waals surface area contributed by atoms with E-state index >= 15 is 0 Å². The highest BCUT2D eigenvalue weighted by Crippen LogP contribution is 2.45. The summed E-state index contributed by atoms with van der Waals surface area (Å²) in [6, 6.07) is 0. The Labute approximate surface area is 112 Å². The second-order valence-electron chi connectivity index (χ2n) is 5.12. The molecule has 0 aromatic carbocycles. The Morgan fingerprint density at radius 3 is 2.47 bits per heavy atom. The zero-order chi connectivity index (χ0) is 14.6. The van der Waals surface area contributed by atoms with Gasteiger partial charge in [0.25, 0.3) is 0 Å². The molecule has 0 aromatic rings. The van der Waals surface area contributed by atoms with E-state index in [4.69, 9.17) is 15.2 Å². The van der Waals surface area contributed by atoms with Crippen LogP contribution in [0.1, 0.15) is 33.6 Å². The molecule has 0 spiro atoms. The predicted octanol–water partition coefficient (Wildman–Crippen LogP) is 1.19. The summed E-state index contributed by atoms with van der Waals surface area (Å²) in [4.78, 5) is 23.0. The van der Waals surface area contributed by atoms with Gasteiger partial charge in [0.1, 0.15) is 11.7 Å². The van der Waals surface area contributed by atoms with Gasteiger partial charge in [-0.2, -0.15) is 0 Å². The van der Waals surface area contributed by atoms with E-state index in [-0.39, 0.29) is 25.6 Å². The Morgan fingerprint density at radius 2 is 1.95 bits per heavy atom. The Kier molecular flexibility index (Phi) is 5.29. The molecule has 0 saturated heterocycles. The average molecular weight is 275 g/mol. The summed E-state index contributed by atoms with van der Waals surface area (Å²) in [7, 11) is 0. The molecule has 1 fully saturated rings. The van der Waals surface area contributed by atoms with Crippen molar-refractivity contribution in [3.8, 4) is 0 Å². The van der Waals surface area contributed by atoms with Crippen molar-refractivity contribution in [2.75, 3.05) is 13.2 Å². The molecule has 0 radical (unpaired) electrons. The van der Waals surface area contributed by atoms with Crippen LogP contribution in [0.4, 0.5) is 4.39 Å². The third-order valence-corrected chi connectivity index (χ3v) is 3.25. The van der Waals surface area contributed by atoms with Crippen LogP contribution in [0.2, 0.25) is 0 Å². The average Bonchev–Trinajstić information content (AvgIpc) is 3.09. The molecule has 19 heavy (non-hydrogen) atoms.